The van der Waals surface area contributed by atoms with E-state index in [0.717, 1.165) is 16.8 Å². The van der Waals surface area contributed by atoms with Gasteiger partial charge in [0.05, 0.1) is 5.69 Å². The summed E-state index contributed by atoms with van der Waals surface area (Å²) >= 11 is 0. The molecule has 96 valence electrons. The molecule has 0 unspecified atom stereocenters. The van der Waals surface area contributed by atoms with Crippen molar-refractivity contribution in [2.45, 2.75) is 19.4 Å². The fraction of sp³-hybridized carbons (Fsp3) is 0.188. The summed E-state index contributed by atoms with van der Waals surface area (Å²) in [6, 6.07) is 15.9. The standard InChI is InChI=1S/C16H15NO2/c1-16(2)15(18)17-13-10-12(8-9-14(13)19-16)11-6-4-3-5-7-11/h3-10H,1-2H3,(H,17,18). The quantitative estimate of drug-likeness (QED) is 0.845. The molecule has 0 saturated heterocycles. The van der Waals surface area contributed by atoms with E-state index in [-0.39, 0.29) is 5.91 Å². The molecule has 0 aliphatic carbocycles. The second-order valence-corrected chi connectivity index (χ2v) is 5.14. The smallest absolute Gasteiger partial charge is 0.268 e. The van der Waals surface area contributed by atoms with Crippen LogP contribution in [0.15, 0.2) is 48.5 Å². The summed E-state index contributed by atoms with van der Waals surface area (Å²) in [7, 11) is 0. The molecule has 0 aromatic heterocycles. The van der Waals surface area contributed by atoms with Gasteiger partial charge in [0.25, 0.3) is 5.91 Å². The Morgan fingerprint density at radius 2 is 1.74 bits per heavy atom. The number of nitrogens with one attached hydrogen (secondary N) is 1. The molecule has 0 spiro atoms. The highest BCUT2D eigenvalue weighted by Gasteiger charge is 2.35. The molecule has 1 N–H and O–H groups in total. The van der Waals surface area contributed by atoms with Crippen molar-refractivity contribution in [2.24, 2.45) is 0 Å². The molecule has 1 aliphatic rings. The van der Waals surface area contributed by atoms with Crippen molar-refractivity contribution in [3.63, 3.8) is 0 Å². The molecule has 1 amide bonds. The third-order valence-corrected chi connectivity index (χ3v) is 3.25. The maximum absolute atomic E-state index is 11.9. The van der Waals surface area contributed by atoms with Crippen LogP contribution in [-0.4, -0.2) is 11.5 Å². The molecule has 2 aromatic rings. The van der Waals surface area contributed by atoms with E-state index < -0.39 is 5.60 Å². The molecule has 0 saturated carbocycles. The van der Waals surface area contributed by atoms with Crippen molar-refractivity contribution in [1.82, 2.24) is 0 Å². The van der Waals surface area contributed by atoms with Gasteiger partial charge in [0.2, 0.25) is 0 Å². The number of anilines is 1. The van der Waals surface area contributed by atoms with Gasteiger partial charge in [0, 0.05) is 0 Å². The third-order valence-electron chi connectivity index (χ3n) is 3.25. The molecule has 0 atom stereocenters. The van der Waals surface area contributed by atoms with E-state index >= 15 is 0 Å². The summed E-state index contributed by atoms with van der Waals surface area (Å²) in [5.41, 5.74) is 2.08. The molecule has 3 rings (SSSR count). The molecule has 19 heavy (non-hydrogen) atoms. The van der Waals surface area contributed by atoms with Gasteiger partial charge in [-0.1, -0.05) is 36.4 Å². The highest BCUT2D eigenvalue weighted by atomic mass is 16.5. The van der Waals surface area contributed by atoms with Crippen molar-refractivity contribution < 1.29 is 9.53 Å². The number of benzene rings is 2. The van der Waals surface area contributed by atoms with Gasteiger partial charge in [0.1, 0.15) is 5.75 Å². The van der Waals surface area contributed by atoms with Gasteiger partial charge in [-0.2, -0.15) is 0 Å². The Morgan fingerprint density at radius 3 is 2.47 bits per heavy atom. The fourth-order valence-corrected chi connectivity index (χ4v) is 2.12. The SMILES string of the molecule is CC1(C)Oc2ccc(-c3ccccc3)cc2NC1=O. The second kappa shape index (κ2) is 4.12. The van der Waals surface area contributed by atoms with E-state index in [0.29, 0.717) is 5.75 Å². The van der Waals surface area contributed by atoms with Gasteiger partial charge in [-0.15, -0.1) is 0 Å². The maximum atomic E-state index is 11.9. The molecule has 3 heteroatoms. The van der Waals surface area contributed by atoms with Gasteiger partial charge in [-0.05, 0) is 37.1 Å². The Bertz CT molecular complexity index is 632. The Hall–Kier alpha value is -2.29. The van der Waals surface area contributed by atoms with Crippen molar-refractivity contribution in [2.75, 3.05) is 5.32 Å². The number of carbonyl (C=O) groups is 1. The number of ether oxygens (including phenoxy) is 1. The maximum Gasteiger partial charge on any atom is 0.268 e. The van der Waals surface area contributed by atoms with Crippen molar-refractivity contribution in [3.8, 4) is 16.9 Å². The number of amides is 1. The number of hydrogen-bond donors (Lipinski definition) is 1. The molecule has 2 aromatic carbocycles. The number of fused-ring (bicyclic) bond motifs is 1. The third kappa shape index (κ3) is 2.08. The Balaban J connectivity index is 2.02. The minimum absolute atomic E-state index is 0.120. The van der Waals surface area contributed by atoms with E-state index in [2.05, 4.69) is 5.32 Å². The van der Waals surface area contributed by atoms with Crippen LogP contribution in [0, 0.1) is 0 Å². The molecule has 3 nitrogen and oxygen atoms in total. The normalized spacial score (nSPS) is 16.2. The molecule has 1 aliphatic heterocycles. The average Bonchev–Trinajstić information content (AvgIpc) is 2.40. The lowest BCUT2D eigenvalue weighted by Crippen LogP contribution is -2.45. The molecule has 0 bridgehead atoms. The van der Waals surface area contributed by atoms with E-state index in [1.165, 1.54) is 0 Å². The predicted molar refractivity (Wildman–Crippen MR) is 75.2 cm³/mol. The van der Waals surface area contributed by atoms with Crippen molar-refractivity contribution in [1.29, 1.82) is 0 Å². The lowest BCUT2D eigenvalue weighted by atomic mass is 10.0. The Kier molecular flexibility index (Phi) is 2.56. The number of hydrogen-bond acceptors (Lipinski definition) is 2. The monoisotopic (exact) mass is 253 g/mol. The van der Waals surface area contributed by atoms with Crippen LogP contribution in [0.4, 0.5) is 5.69 Å². The summed E-state index contributed by atoms with van der Waals surface area (Å²) in [4.78, 5) is 11.9. The van der Waals surface area contributed by atoms with E-state index in [1.807, 2.05) is 48.5 Å². The van der Waals surface area contributed by atoms with E-state index in [9.17, 15) is 4.79 Å². The molecule has 0 radical (unpaired) electrons. The second-order valence-electron chi connectivity index (χ2n) is 5.14. The van der Waals surface area contributed by atoms with E-state index in [4.69, 9.17) is 4.74 Å². The van der Waals surface area contributed by atoms with Crippen LogP contribution in [0.5, 0.6) is 5.75 Å². The molecule has 1 heterocycles. The average molecular weight is 253 g/mol. The first-order chi connectivity index (χ1) is 9.06. The van der Waals surface area contributed by atoms with Gasteiger partial charge in [-0.3, -0.25) is 4.79 Å². The van der Waals surface area contributed by atoms with Crippen LogP contribution in [0.1, 0.15) is 13.8 Å². The summed E-state index contributed by atoms with van der Waals surface area (Å²) in [6.07, 6.45) is 0. The number of carbonyl (C=O) groups excluding carboxylic acids is 1. The van der Waals surface area contributed by atoms with Gasteiger partial charge in [-0.25, -0.2) is 0 Å². The largest absolute Gasteiger partial charge is 0.476 e. The first-order valence-corrected chi connectivity index (χ1v) is 6.26. The van der Waals surface area contributed by atoms with E-state index in [1.54, 1.807) is 13.8 Å². The predicted octanol–water partition coefficient (Wildman–Crippen LogP) is 3.46. The summed E-state index contributed by atoms with van der Waals surface area (Å²) < 4.78 is 5.71. The first kappa shape index (κ1) is 11.8. The van der Waals surface area contributed by atoms with Crippen LogP contribution in [0.25, 0.3) is 11.1 Å². The van der Waals surface area contributed by atoms with Crippen LogP contribution in [-0.2, 0) is 4.79 Å². The summed E-state index contributed by atoms with van der Waals surface area (Å²) in [6.45, 7) is 3.52. The highest BCUT2D eigenvalue weighted by Crippen LogP contribution is 2.36. The minimum atomic E-state index is -0.818. The van der Waals surface area contributed by atoms with Crippen LogP contribution >= 0.6 is 0 Å². The van der Waals surface area contributed by atoms with Gasteiger partial charge >= 0.3 is 0 Å². The van der Waals surface area contributed by atoms with Crippen LogP contribution in [0.2, 0.25) is 0 Å². The lowest BCUT2D eigenvalue weighted by molar-refractivity contribution is -0.129. The Morgan fingerprint density at radius 1 is 1.00 bits per heavy atom. The van der Waals surface area contributed by atoms with Gasteiger partial charge in [0.15, 0.2) is 5.60 Å². The number of rotatable bonds is 1. The van der Waals surface area contributed by atoms with Gasteiger partial charge < -0.3 is 10.1 Å². The zero-order valence-corrected chi connectivity index (χ0v) is 10.9. The molecular weight excluding hydrogens is 238 g/mol. The molecule has 0 fully saturated rings. The van der Waals surface area contributed by atoms with Crippen LogP contribution in [0.3, 0.4) is 0 Å². The first-order valence-electron chi connectivity index (χ1n) is 6.26. The summed E-state index contributed by atoms with van der Waals surface area (Å²) in [5, 5.41) is 2.90. The highest BCUT2D eigenvalue weighted by molar-refractivity contribution is 6.00. The minimum Gasteiger partial charge on any atom is -0.476 e. The summed E-state index contributed by atoms with van der Waals surface area (Å²) in [5.74, 6) is 0.592. The van der Waals surface area contributed by atoms with Crippen LogP contribution < -0.4 is 10.1 Å². The Labute approximate surface area is 112 Å². The lowest BCUT2D eigenvalue weighted by Gasteiger charge is -2.31. The zero-order chi connectivity index (χ0) is 13.5. The topological polar surface area (TPSA) is 38.3 Å². The van der Waals surface area contributed by atoms with Crippen molar-refractivity contribution >= 4 is 11.6 Å². The molecular formula is C16H15NO2. The van der Waals surface area contributed by atoms with Crippen molar-refractivity contribution in [3.05, 3.63) is 48.5 Å². The fourth-order valence-electron chi connectivity index (χ4n) is 2.12. The zero-order valence-electron chi connectivity index (χ0n) is 10.9.